The van der Waals surface area contributed by atoms with Crippen LogP contribution in [0, 0.1) is 11.3 Å². The third kappa shape index (κ3) is 3.36. The SMILES string of the molecule is CCN(C)C(=O)n1cc(C(=O)NCC23CCC(CC2)CC3)c2c(Br)cccc21. The highest BCUT2D eigenvalue weighted by atomic mass is 79.9. The summed E-state index contributed by atoms with van der Waals surface area (Å²) in [7, 11) is 1.77. The maximum Gasteiger partial charge on any atom is 0.328 e. The Labute approximate surface area is 174 Å². The van der Waals surface area contributed by atoms with Crippen molar-refractivity contribution in [2.75, 3.05) is 20.1 Å². The highest BCUT2D eigenvalue weighted by molar-refractivity contribution is 9.10. The predicted molar refractivity (Wildman–Crippen MR) is 115 cm³/mol. The molecule has 1 heterocycles. The average molecular weight is 446 g/mol. The number of benzene rings is 1. The Hall–Kier alpha value is -1.82. The highest BCUT2D eigenvalue weighted by Crippen LogP contribution is 2.49. The van der Waals surface area contributed by atoms with Crippen molar-refractivity contribution in [1.82, 2.24) is 14.8 Å². The maximum absolute atomic E-state index is 13.1. The van der Waals surface area contributed by atoms with Gasteiger partial charge in [-0.15, -0.1) is 0 Å². The zero-order valence-corrected chi connectivity index (χ0v) is 18.2. The molecule has 3 saturated carbocycles. The van der Waals surface area contributed by atoms with E-state index in [9.17, 15) is 9.59 Å². The summed E-state index contributed by atoms with van der Waals surface area (Å²) >= 11 is 3.57. The van der Waals surface area contributed by atoms with Gasteiger partial charge in [0.1, 0.15) is 0 Å². The summed E-state index contributed by atoms with van der Waals surface area (Å²) in [5, 5.41) is 4.00. The number of amides is 2. The van der Waals surface area contributed by atoms with E-state index in [4.69, 9.17) is 0 Å². The Bertz CT molecular complexity index is 898. The van der Waals surface area contributed by atoms with Gasteiger partial charge < -0.3 is 10.2 Å². The van der Waals surface area contributed by atoms with Crippen LogP contribution in [0.4, 0.5) is 4.79 Å². The summed E-state index contributed by atoms with van der Waals surface area (Å²) in [6.45, 7) is 3.28. The van der Waals surface area contributed by atoms with Gasteiger partial charge in [-0.05, 0) is 68.9 Å². The van der Waals surface area contributed by atoms with Crippen molar-refractivity contribution in [3.8, 4) is 0 Å². The van der Waals surface area contributed by atoms with Crippen LogP contribution in [0.2, 0.25) is 0 Å². The smallest absolute Gasteiger partial charge is 0.328 e. The van der Waals surface area contributed by atoms with Crippen molar-refractivity contribution < 1.29 is 9.59 Å². The Morgan fingerprint density at radius 1 is 1.25 bits per heavy atom. The molecule has 5 nitrogen and oxygen atoms in total. The average Bonchev–Trinajstić information content (AvgIpc) is 3.13. The van der Waals surface area contributed by atoms with Crippen molar-refractivity contribution in [2.45, 2.75) is 45.4 Å². The van der Waals surface area contributed by atoms with Crippen LogP contribution in [0.15, 0.2) is 28.9 Å². The molecule has 2 bridgehead atoms. The zero-order valence-electron chi connectivity index (χ0n) is 16.6. The van der Waals surface area contributed by atoms with E-state index in [0.29, 0.717) is 12.1 Å². The monoisotopic (exact) mass is 445 g/mol. The molecule has 0 radical (unpaired) electrons. The Balaban J connectivity index is 1.62. The Kier molecular flexibility index (Phi) is 5.25. The van der Waals surface area contributed by atoms with Crippen LogP contribution in [0.25, 0.3) is 10.9 Å². The van der Waals surface area contributed by atoms with Crippen LogP contribution in [0.3, 0.4) is 0 Å². The van der Waals surface area contributed by atoms with Crippen LogP contribution in [0.5, 0.6) is 0 Å². The first-order chi connectivity index (χ1) is 13.4. The maximum atomic E-state index is 13.1. The molecule has 3 aliphatic rings. The van der Waals surface area contributed by atoms with E-state index in [-0.39, 0.29) is 17.4 Å². The van der Waals surface area contributed by atoms with Crippen molar-refractivity contribution in [1.29, 1.82) is 0 Å². The minimum absolute atomic E-state index is 0.0929. The number of carbonyl (C=O) groups is 2. The summed E-state index contributed by atoms with van der Waals surface area (Å²) in [6.07, 6.45) is 9.28. The number of fused-ring (bicyclic) bond motifs is 4. The topological polar surface area (TPSA) is 54.3 Å². The van der Waals surface area contributed by atoms with Gasteiger partial charge in [-0.25, -0.2) is 4.79 Å². The second-order valence-corrected chi connectivity index (χ2v) is 9.36. The fraction of sp³-hybridized carbons (Fsp3) is 0.545. The van der Waals surface area contributed by atoms with Gasteiger partial charge in [0.25, 0.3) is 5.91 Å². The Morgan fingerprint density at radius 2 is 1.93 bits per heavy atom. The molecule has 5 rings (SSSR count). The van der Waals surface area contributed by atoms with Crippen LogP contribution in [-0.4, -0.2) is 41.5 Å². The van der Waals surface area contributed by atoms with Crippen LogP contribution >= 0.6 is 15.9 Å². The molecular weight excluding hydrogens is 418 g/mol. The predicted octanol–water partition coefficient (Wildman–Crippen LogP) is 5.02. The molecule has 0 aliphatic heterocycles. The normalized spacial score (nSPS) is 23.8. The number of halogens is 1. The number of carbonyl (C=O) groups excluding carboxylic acids is 2. The summed E-state index contributed by atoms with van der Waals surface area (Å²) < 4.78 is 2.42. The van der Waals surface area contributed by atoms with E-state index in [1.165, 1.54) is 38.5 Å². The molecule has 6 heteroatoms. The minimum atomic E-state index is -0.131. The molecule has 150 valence electrons. The van der Waals surface area contributed by atoms with Gasteiger partial charge in [-0.3, -0.25) is 9.36 Å². The number of rotatable bonds is 4. The third-order valence-corrected chi connectivity index (χ3v) is 7.56. The van der Waals surface area contributed by atoms with Crippen LogP contribution in [0.1, 0.15) is 55.8 Å². The summed E-state index contributed by atoms with van der Waals surface area (Å²) in [6, 6.07) is 5.56. The molecule has 0 spiro atoms. The molecule has 2 amide bonds. The zero-order chi connectivity index (χ0) is 19.9. The largest absolute Gasteiger partial charge is 0.351 e. The van der Waals surface area contributed by atoms with Crippen molar-refractivity contribution in [3.05, 3.63) is 34.4 Å². The second kappa shape index (κ2) is 7.54. The van der Waals surface area contributed by atoms with Crippen LogP contribution in [-0.2, 0) is 0 Å². The molecule has 2 aromatic rings. The van der Waals surface area contributed by atoms with E-state index in [1.54, 1.807) is 22.7 Å². The lowest BCUT2D eigenvalue weighted by Gasteiger charge is -2.46. The molecule has 3 aliphatic carbocycles. The van der Waals surface area contributed by atoms with Gasteiger partial charge in [0.15, 0.2) is 0 Å². The van der Waals surface area contributed by atoms with Gasteiger partial charge in [0.2, 0.25) is 0 Å². The number of nitrogens with zero attached hydrogens (tertiary/aromatic N) is 2. The van der Waals surface area contributed by atoms with Crippen molar-refractivity contribution in [3.63, 3.8) is 0 Å². The Morgan fingerprint density at radius 3 is 2.57 bits per heavy atom. The summed E-state index contributed by atoms with van der Waals surface area (Å²) in [4.78, 5) is 27.6. The highest BCUT2D eigenvalue weighted by Gasteiger charge is 2.40. The molecule has 1 aromatic heterocycles. The first-order valence-corrected chi connectivity index (χ1v) is 11.1. The molecule has 28 heavy (non-hydrogen) atoms. The number of hydrogen-bond donors (Lipinski definition) is 1. The molecule has 0 atom stereocenters. The summed E-state index contributed by atoms with van der Waals surface area (Å²) in [5.41, 5.74) is 1.58. The molecule has 0 saturated heterocycles. The number of aromatic nitrogens is 1. The fourth-order valence-corrected chi connectivity index (χ4v) is 5.43. The van der Waals surface area contributed by atoms with Gasteiger partial charge in [0, 0.05) is 36.2 Å². The lowest BCUT2D eigenvalue weighted by atomic mass is 9.61. The third-order valence-electron chi connectivity index (χ3n) is 6.90. The van der Waals surface area contributed by atoms with Crippen molar-refractivity contribution in [2.24, 2.45) is 11.3 Å². The second-order valence-electron chi connectivity index (χ2n) is 8.51. The van der Waals surface area contributed by atoms with Gasteiger partial charge in [-0.2, -0.15) is 0 Å². The van der Waals surface area contributed by atoms with E-state index < -0.39 is 0 Å². The number of hydrogen-bond acceptors (Lipinski definition) is 2. The lowest BCUT2D eigenvalue weighted by molar-refractivity contribution is 0.0598. The number of nitrogens with one attached hydrogen (secondary N) is 1. The van der Waals surface area contributed by atoms with E-state index in [1.807, 2.05) is 25.1 Å². The van der Waals surface area contributed by atoms with Gasteiger partial charge in [0.05, 0.1) is 11.1 Å². The van der Waals surface area contributed by atoms with Crippen LogP contribution < -0.4 is 5.32 Å². The molecule has 3 fully saturated rings. The first-order valence-electron chi connectivity index (χ1n) is 10.3. The summed E-state index contributed by atoms with van der Waals surface area (Å²) in [5.74, 6) is 0.817. The fourth-order valence-electron chi connectivity index (χ4n) is 4.86. The van der Waals surface area contributed by atoms with Gasteiger partial charge in [-0.1, -0.05) is 22.0 Å². The van der Waals surface area contributed by atoms with Crippen molar-refractivity contribution >= 4 is 38.8 Å². The first kappa shape index (κ1) is 19.5. The minimum Gasteiger partial charge on any atom is -0.351 e. The molecule has 1 aromatic carbocycles. The standard InChI is InChI=1S/C22H28BrN3O2/c1-3-25(2)21(28)26-13-16(19-17(23)5-4-6-18(19)26)20(27)24-14-22-10-7-15(8-11-22)9-12-22/h4-6,13,15H,3,7-12,14H2,1-2H3,(H,24,27). The van der Waals surface area contributed by atoms with E-state index in [0.717, 1.165) is 27.8 Å². The van der Waals surface area contributed by atoms with E-state index >= 15 is 0 Å². The van der Waals surface area contributed by atoms with Gasteiger partial charge >= 0.3 is 6.03 Å². The lowest BCUT2D eigenvalue weighted by Crippen LogP contribution is -2.43. The molecule has 1 N–H and O–H groups in total. The molecule has 0 unspecified atom stereocenters. The molecular formula is C22H28BrN3O2. The van der Waals surface area contributed by atoms with E-state index in [2.05, 4.69) is 21.2 Å². The quantitative estimate of drug-likeness (QED) is 0.717.